The Morgan fingerprint density at radius 1 is 1.00 bits per heavy atom. The summed E-state index contributed by atoms with van der Waals surface area (Å²) in [5.41, 5.74) is 2.34. The van der Waals surface area contributed by atoms with E-state index in [0.29, 0.717) is 5.88 Å². The molecule has 2 heteroatoms. The lowest BCUT2D eigenvalue weighted by molar-refractivity contribution is 1.10. The van der Waals surface area contributed by atoms with Gasteiger partial charge in [-0.2, -0.15) is 0 Å². The summed E-state index contributed by atoms with van der Waals surface area (Å²) in [5.74, 6) is 0.518. The zero-order valence-corrected chi connectivity index (χ0v) is 11.7. The van der Waals surface area contributed by atoms with Crippen molar-refractivity contribution in [2.75, 3.05) is 5.88 Å². The summed E-state index contributed by atoms with van der Waals surface area (Å²) in [7, 11) is 0. The molecule has 0 amide bonds. The van der Waals surface area contributed by atoms with Crippen LogP contribution in [0.3, 0.4) is 0 Å². The number of allylic oxidation sites excluding steroid dienone is 1. The predicted molar refractivity (Wildman–Crippen MR) is 80.6 cm³/mol. The van der Waals surface area contributed by atoms with Crippen LogP contribution in [0.2, 0.25) is 0 Å². The second kappa shape index (κ2) is 6.67. The van der Waals surface area contributed by atoms with Gasteiger partial charge in [-0.25, -0.2) is 0 Å². The number of rotatable bonds is 5. The first-order valence-corrected chi connectivity index (χ1v) is 7.18. The van der Waals surface area contributed by atoms with Crippen molar-refractivity contribution in [3.8, 4) is 0 Å². The molecule has 0 heterocycles. The Hall–Kier alpha value is -1.18. The van der Waals surface area contributed by atoms with Crippen LogP contribution in [0.4, 0.5) is 0 Å². The lowest BCUT2D eigenvalue weighted by Gasteiger charge is -2.09. The van der Waals surface area contributed by atoms with Crippen LogP contribution in [-0.2, 0) is 6.42 Å². The summed E-state index contributed by atoms with van der Waals surface area (Å²) >= 11 is 7.59. The van der Waals surface area contributed by atoms with E-state index in [2.05, 4.69) is 55.1 Å². The van der Waals surface area contributed by atoms with Crippen molar-refractivity contribution in [3.05, 3.63) is 72.3 Å². The van der Waals surface area contributed by atoms with Crippen LogP contribution in [0.15, 0.2) is 76.5 Å². The van der Waals surface area contributed by atoms with E-state index in [0.717, 1.165) is 12.0 Å². The molecule has 0 aliphatic rings. The number of hydrogen-bond acceptors (Lipinski definition) is 1. The number of benzene rings is 2. The molecule has 18 heavy (non-hydrogen) atoms. The van der Waals surface area contributed by atoms with E-state index in [9.17, 15) is 0 Å². The Morgan fingerprint density at radius 2 is 1.67 bits per heavy atom. The lowest BCUT2D eigenvalue weighted by Crippen LogP contribution is -1.92. The van der Waals surface area contributed by atoms with Gasteiger partial charge in [0.15, 0.2) is 0 Å². The van der Waals surface area contributed by atoms with Crippen molar-refractivity contribution >= 4 is 23.4 Å². The third-order valence-electron chi connectivity index (χ3n) is 2.57. The molecule has 0 saturated heterocycles. The lowest BCUT2D eigenvalue weighted by atomic mass is 10.1. The topological polar surface area (TPSA) is 0 Å². The maximum absolute atomic E-state index is 5.81. The maximum atomic E-state index is 5.81. The van der Waals surface area contributed by atoms with Gasteiger partial charge in [0.25, 0.3) is 0 Å². The Kier molecular flexibility index (Phi) is 4.91. The molecule has 0 radical (unpaired) electrons. The first kappa shape index (κ1) is 13.3. The third kappa shape index (κ3) is 3.66. The van der Waals surface area contributed by atoms with E-state index >= 15 is 0 Å². The molecule has 0 unspecified atom stereocenters. The zero-order valence-electron chi connectivity index (χ0n) is 10.1. The van der Waals surface area contributed by atoms with E-state index in [-0.39, 0.29) is 0 Å². The summed E-state index contributed by atoms with van der Waals surface area (Å²) in [6.45, 7) is 3.98. The standard InChI is InChI=1S/C16H15ClS/c1-13(12-17)11-14-7-5-6-10-16(14)18-15-8-3-2-4-9-15/h2-10H,1,11-12H2. The molecular formula is C16H15ClS. The fraction of sp³-hybridized carbons (Fsp3) is 0.125. The highest BCUT2D eigenvalue weighted by atomic mass is 35.5. The van der Waals surface area contributed by atoms with Gasteiger partial charge in [-0.05, 0) is 30.2 Å². The number of hydrogen-bond donors (Lipinski definition) is 0. The maximum Gasteiger partial charge on any atom is 0.0434 e. The fourth-order valence-corrected chi connectivity index (χ4v) is 2.74. The smallest absolute Gasteiger partial charge is 0.0434 e. The predicted octanol–water partition coefficient (Wildman–Crippen LogP) is 5.18. The second-order valence-electron chi connectivity index (χ2n) is 4.08. The van der Waals surface area contributed by atoms with E-state index < -0.39 is 0 Å². The van der Waals surface area contributed by atoms with E-state index in [1.165, 1.54) is 15.4 Å². The van der Waals surface area contributed by atoms with Crippen LogP contribution in [0.5, 0.6) is 0 Å². The van der Waals surface area contributed by atoms with E-state index in [1.54, 1.807) is 11.8 Å². The van der Waals surface area contributed by atoms with Gasteiger partial charge in [0, 0.05) is 15.7 Å². The van der Waals surface area contributed by atoms with Gasteiger partial charge in [0.05, 0.1) is 0 Å². The molecule has 2 rings (SSSR count). The molecule has 0 spiro atoms. The van der Waals surface area contributed by atoms with Crippen LogP contribution in [0.1, 0.15) is 5.56 Å². The van der Waals surface area contributed by atoms with Gasteiger partial charge < -0.3 is 0 Å². The number of alkyl halides is 1. The second-order valence-corrected chi connectivity index (χ2v) is 5.47. The Morgan fingerprint density at radius 3 is 2.39 bits per heavy atom. The minimum Gasteiger partial charge on any atom is -0.122 e. The van der Waals surface area contributed by atoms with Gasteiger partial charge in [-0.3, -0.25) is 0 Å². The van der Waals surface area contributed by atoms with Gasteiger partial charge in [0.1, 0.15) is 0 Å². The van der Waals surface area contributed by atoms with Crippen LogP contribution in [0.25, 0.3) is 0 Å². The summed E-state index contributed by atoms with van der Waals surface area (Å²) in [6.07, 6.45) is 0.847. The molecule has 0 nitrogen and oxygen atoms in total. The quantitative estimate of drug-likeness (QED) is 0.535. The van der Waals surface area contributed by atoms with Crippen molar-refractivity contribution in [1.82, 2.24) is 0 Å². The van der Waals surface area contributed by atoms with Gasteiger partial charge in [0.2, 0.25) is 0 Å². The SMILES string of the molecule is C=C(CCl)Cc1ccccc1Sc1ccccc1. The highest BCUT2D eigenvalue weighted by Gasteiger charge is 2.05. The largest absolute Gasteiger partial charge is 0.122 e. The van der Waals surface area contributed by atoms with Crippen molar-refractivity contribution in [3.63, 3.8) is 0 Å². The summed E-state index contributed by atoms with van der Waals surface area (Å²) in [6, 6.07) is 18.8. The van der Waals surface area contributed by atoms with Gasteiger partial charge >= 0.3 is 0 Å². The normalized spacial score (nSPS) is 10.3. The third-order valence-corrected chi connectivity index (χ3v) is 4.08. The van der Waals surface area contributed by atoms with Crippen molar-refractivity contribution < 1.29 is 0 Å². The van der Waals surface area contributed by atoms with Crippen molar-refractivity contribution in [2.45, 2.75) is 16.2 Å². The minimum absolute atomic E-state index is 0.518. The van der Waals surface area contributed by atoms with Gasteiger partial charge in [-0.1, -0.05) is 60.3 Å². The highest BCUT2D eigenvalue weighted by molar-refractivity contribution is 7.99. The summed E-state index contributed by atoms with van der Waals surface area (Å²) in [4.78, 5) is 2.52. The molecule has 0 fully saturated rings. The summed E-state index contributed by atoms with van der Waals surface area (Å²) < 4.78 is 0. The van der Waals surface area contributed by atoms with E-state index in [1.807, 2.05) is 6.07 Å². The first-order valence-electron chi connectivity index (χ1n) is 5.83. The van der Waals surface area contributed by atoms with Gasteiger partial charge in [-0.15, -0.1) is 11.6 Å². The highest BCUT2D eigenvalue weighted by Crippen LogP contribution is 2.31. The molecular weight excluding hydrogens is 260 g/mol. The first-order chi connectivity index (χ1) is 8.79. The summed E-state index contributed by atoms with van der Waals surface area (Å²) in [5, 5.41) is 0. The van der Waals surface area contributed by atoms with E-state index in [4.69, 9.17) is 11.6 Å². The molecule has 92 valence electrons. The molecule has 0 aromatic heterocycles. The molecule has 0 saturated carbocycles. The average molecular weight is 275 g/mol. The number of halogens is 1. The van der Waals surface area contributed by atoms with Crippen LogP contribution in [-0.4, -0.2) is 5.88 Å². The van der Waals surface area contributed by atoms with Crippen molar-refractivity contribution in [2.24, 2.45) is 0 Å². The average Bonchev–Trinajstić information content (AvgIpc) is 2.42. The minimum atomic E-state index is 0.518. The Labute approximate surface area is 118 Å². The molecule has 2 aromatic rings. The fourth-order valence-electron chi connectivity index (χ4n) is 1.68. The van der Waals surface area contributed by atoms with Crippen LogP contribution >= 0.6 is 23.4 Å². The molecule has 0 atom stereocenters. The zero-order chi connectivity index (χ0) is 12.8. The van der Waals surface area contributed by atoms with Crippen molar-refractivity contribution in [1.29, 1.82) is 0 Å². The Bertz CT molecular complexity index is 520. The van der Waals surface area contributed by atoms with Crippen LogP contribution < -0.4 is 0 Å². The monoisotopic (exact) mass is 274 g/mol. The molecule has 0 aliphatic carbocycles. The molecule has 0 N–H and O–H groups in total. The van der Waals surface area contributed by atoms with Crippen LogP contribution in [0, 0.1) is 0 Å². The molecule has 0 aliphatic heterocycles. The molecule has 2 aromatic carbocycles. The molecule has 0 bridgehead atoms. The Balaban J connectivity index is 2.20.